The second kappa shape index (κ2) is 7.53. The molecule has 2 heterocycles. The van der Waals surface area contributed by atoms with Crippen LogP contribution in [0.15, 0.2) is 47.3 Å². The number of aryl methyl sites for hydroxylation is 2. The molecular formula is C19H23N5O2. The van der Waals surface area contributed by atoms with Crippen LogP contribution in [-0.2, 0) is 13.6 Å². The summed E-state index contributed by atoms with van der Waals surface area (Å²) >= 11 is 0. The van der Waals surface area contributed by atoms with Crippen LogP contribution in [0.5, 0.6) is 0 Å². The van der Waals surface area contributed by atoms with Crippen molar-refractivity contribution in [1.29, 1.82) is 0 Å². The number of nitrogens with zero attached hydrogens (tertiary/aromatic N) is 4. The predicted molar refractivity (Wildman–Crippen MR) is 98.7 cm³/mol. The summed E-state index contributed by atoms with van der Waals surface area (Å²) in [6.07, 6.45) is 3.37. The van der Waals surface area contributed by atoms with E-state index in [-0.39, 0.29) is 11.9 Å². The molecular weight excluding hydrogens is 330 g/mol. The van der Waals surface area contributed by atoms with Gasteiger partial charge in [0.2, 0.25) is 0 Å². The summed E-state index contributed by atoms with van der Waals surface area (Å²) < 4.78 is 6.60. The molecule has 26 heavy (non-hydrogen) atoms. The highest BCUT2D eigenvalue weighted by atomic mass is 16.5. The number of aromatic nitrogens is 3. The van der Waals surface area contributed by atoms with E-state index in [4.69, 9.17) is 4.52 Å². The van der Waals surface area contributed by atoms with E-state index in [1.807, 2.05) is 51.4 Å². The monoisotopic (exact) mass is 353 g/mol. The third-order valence-corrected chi connectivity index (χ3v) is 4.43. The number of anilines is 1. The van der Waals surface area contributed by atoms with Crippen molar-refractivity contribution in [3.63, 3.8) is 0 Å². The van der Waals surface area contributed by atoms with Gasteiger partial charge < -0.3 is 9.84 Å². The predicted octanol–water partition coefficient (Wildman–Crippen LogP) is 3.16. The topological polar surface area (TPSA) is 76.2 Å². The molecule has 3 rings (SSSR count). The molecule has 2 aromatic heterocycles. The van der Waals surface area contributed by atoms with Crippen LogP contribution in [0.2, 0.25) is 0 Å². The zero-order valence-corrected chi connectivity index (χ0v) is 15.4. The Bertz CT molecular complexity index is 885. The molecule has 7 nitrogen and oxygen atoms in total. The maximum atomic E-state index is 12.6. The molecule has 1 atom stereocenters. The molecule has 0 aliphatic rings. The van der Waals surface area contributed by atoms with Crippen LogP contribution >= 0.6 is 0 Å². The Balaban J connectivity index is 1.69. The maximum absolute atomic E-state index is 12.6. The molecule has 0 aliphatic carbocycles. The summed E-state index contributed by atoms with van der Waals surface area (Å²) in [6, 6.07) is 9.61. The third-order valence-electron chi connectivity index (χ3n) is 4.43. The maximum Gasteiger partial charge on any atom is 0.255 e. The van der Waals surface area contributed by atoms with Gasteiger partial charge in [-0.05, 0) is 38.6 Å². The number of benzene rings is 1. The van der Waals surface area contributed by atoms with Crippen molar-refractivity contribution in [3.8, 4) is 0 Å². The lowest BCUT2D eigenvalue weighted by molar-refractivity contribution is 0.102. The van der Waals surface area contributed by atoms with E-state index in [0.717, 1.165) is 22.6 Å². The van der Waals surface area contributed by atoms with Crippen LogP contribution in [0.1, 0.15) is 40.3 Å². The number of carbonyl (C=O) groups excluding carboxylic acids is 1. The molecule has 3 aromatic rings. The number of hydrogen-bond acceptors (Lipinski definition) is 5. The first kappa shape index (κ1) is 17.9. The van der Waals surface area contributed by atoms with Gasteiger partial charge in [0, 0.05) is 31.4 Å². The Morgan fingerprint density at radius 1 is 1.38 bits per heavy atom. The van der Waals surface area contributed by atoms with E-state index in [0.29, 0.717) is 12.1 Å². The lowest BCUT2D eigenvalue weighted by Gasteiger charge is -2.23. The molecule has 1 amide bonds. The SMILES string of the molecule is Cc1nn(C)cc1NC(=O)c1cccc(CN(C)[C@@H](C)c2ccon2)c1. The minimum absolute atomic E-state index is 0.115. The lowest BCUT2D eigenvalue weighted by atomic mass is 10.1. The smallest absolute Gasteiger partial charge is 0.255 e. The Hall–Kier alpha value is -2.93. The van der Waals surface area contributed by atoms with Gasteiger partial charge in [-0.25, -0.2) is 0 Å². The molecule has 0 aliphatic heterocycles. The molecule has 136 valence electrons. The average Bonchev–Trinajstić information content (AvgIpc) is 3.24. The molecule has 1 N–H and O–H groups in total. The van der Waals surface area contributed by atoms with Crippen LogP contribution in [0.25, 0.3) is 0 Å². The summed E-state index contributed by atoms with van der Waals surface area (Å²) in [5.74, 6) is -0.143. The second-order valence-electron chi connectivity index (χ2n) is 6.47. The van der Waals surface area contributed by atoms with Gasteiger partial charge in [-0.2, -0.15) is 5.10 Å². The van der Waals surface area contributed by atoms with Crippen LogP contribution in [0.4, 0.5) is 5.69 Å². The number of nitrogens with one attached hydrogen (secondary N) is 1. The molecule has 0 saturated carbocycles. The highest BCUT2D eigenvalue weighted by Crippen LogP contribution is 2.20. The normalized spacial score (nSPS) is 12.3. The molecule has 0 fully saturated rings. The van der Waals surface area contributed by atoms with Crippen molar-refractivity contribution >= 4 is 11.6 Å². The number of hydrogen-bond donors (Lipinski definition) is 1. The molecule has 0 unspecified atom stereocenters. The first-order valence-corrected chi connectivity index (χ1v) is 8.45. The van der Waals surface area contributed by atoms with E-state index in [1.165, 1.54) is 0 Å². The van der Waals surface area contributed by atoms with Crippen molar-refractivity contribution in [1.82, 2.24) is 19.8 Å². The zero-order chi connectivity index (χ0) is 18.7. The van der Waals surface area contributed by atoms with Crippen molar-refractivity contribution in [3.05, 3.63) is 65.3 Å². The number of amides is 1. The van der Waals surface area contributed by atoms with Gasteiger partial charge in [-0.1, -0.05) is 17.3 Å². The van der Waals surface area contributed by atoms with Crippen LogP contribution in [0, 0.1) is 6.92 Å². The standard InChI is InChI=1S/C19H23N5O2/c1-13-18(12-24(4)21-13)20-19(25)16-7-5-6-15(10-16)11-23(3)14(2)17-8-9-26-22-17/h5-10,12,14H,11H2,1-4H3,(H,20,25)/t14-/m0/s1. The quantitative estimate of drug-likeness (QED) is 0.737. The molecule has 0 radical (unpaired) electrons. The summed E-state index contributed by atoms with van der Waals surface area (Å²) in [6.45, 7) is 4.63. The first-order valence-electron chi connectivity index (χ1n) is 8.45. The van der Waals surface area contributed by atoms with E-state index >= 15 is 0 Å². The van der Waals surface area contributed by atoms with Crippen LogP contribution in [0.3, 0.4) is 0 Å². The van der Waals surface area contributed by atoms with Gasteiger partial charge >= 0.3 is 0 Å². The van der Waals surface area contributed by atoms with Crippen molar-refractivity contribution < 1.29 is 9.32 Å². The van der Waals surface area contributed by atoms with E-state index in [1.54, 1.807) is 17.1 Å². The van der Waals surface area contributed by atoms with Gasteiger partial charge in [0.1, 0.15) is 12.0 Å². The minimum Gasteiger partial charge on any atom is -0.364 e. The second-order valence-corrected chi connectivity index (χ2v) is 6.47. The summed E-state index contributed by atoms with van der Waals surface area (Å²) in [5.41, 5.74) is 4.07. The fourth-order valence-corrected chi connectivity index (χ4v) is 2.82. The lowest BCUT2D eigenvalue weighted by Crippen LogP contribution is -2.22. The van der Waals surface area contributed by atoms with E-state index in [2.05, 4.69) is 27.4 Å². The molecule has 1 aromatic carbocycles. The van der Waals surface area contributed by atoms with Crippen LogP contribution < -0.4 is 5.32 Å². The molecule has 0 spiro atoms. The van der Waals surface area contributed by atoms with E-state index in [9.17, 15) is 4.79 Å². The molecule has 7 heteroatoms. The summed E-state index contributed by atoms with van der Waals surface area (Å²) in [7, 11) is 3.85. The number of rotatable bonds is 6. The largest absolute Gasteiger partial charge is 0.364 e. The summed E-state index contributed by atoms with van der Waals surface area (Å²) in [5, 5.41) is 11.1. The van der Waals surface area contributed by atoms with Gasteiger partial charge in [0.25, 0.3) is 5.91 Å². The molecule has 0 saturated heterocycles. The number of carbonyl (C=O) groups is 1. The fraction of sp³-hybridized carbons (Fsp3) is 0.316. The highest BCUT2D eigenvalue weighted by Gasteiger charge is 2.16. The van der Waals surface area contributed by atoms with Gasteiger partial charge in [0.05, 0.1) is 17.4 Å². The molecule has 0 bridgehead atoms. The average molecular weight is 353 g/mol. The zero-order valence-electron chi connectivity index (χ0n) is 15.4. The minimum atomic E-state index is -0.143. The van der Waals surface area contributed by atoms with Gasteiger partial charge in [-0.3, -0.25) is 14.4 Å². The van der Waals surface area contributed by atoms with Crippen molar-refractivity contribution in [2.45, 2.75) is 26.4 Å². The Morgan fingerprint density at radius 2 is 2.19 bits per heavy atom. The fourth-order valence-electron chi connectivity index (χ4n) is 2.82. The Morgan fingerprint density at radius 3 is 2.85 bits per heavy atom. The van der Waals surface area contributed by atoms with E-state index < -0.39 is 0 Å². The van der Waals surface area contributed by atoms with Gasteiger partial charge in [0.15, 0.2) is 0 Å². The third kappa shape index (κ3) is 4.00. The van der Waals surface area contributed by atoms with Crippen LogP contribution in [-0.4, -0.2) is 32.8 Å². The Kier molecular flexibility index (Phi) is 5.18. The highest BCUT2D eigenvalue weighted by molar-refractivity contribution is 6.04. The first-order chi connectivity index (χ1) is 12.4. The van der Waals surface area contributed by atoms with Gasteiger partial charge in [-0.15, -0.1) is 0 Å². The van der Waals surface area contributed by atoms with Crippen molar-refractivity contribution in [2.75, 3.05) is 12.4 Å². The summed E-state index contributed by atoms with van der Waals surface area (Å²) in [4.78, 5) is 14.7. The van der Waals surface area contributed by atoms with Crippen molar-refractivity contribution in [2.24, 2.45) is 7.05 Å². The Labute approximate surface area is 152 Å².